The van der Waals surface area contributed by atoms with Crippen molar-refractivity contribution in [3.63, 3.8) is 0 Å². The molecule has 0 aromatic carbocycles. The molecule has 0 spiro atoms. The van der Waals surface area contributed by atoms with Crippen molar-refractivity contribution in [2.24, 2.45) is 5.92 Å². The van der Waals surface area contributed by atoms with Crippen LogP contribution in [-0.4, -0.2) is 37.8 Å². The number of hydrogen-bond donors (Lipinski definition) is 1. The summed E-state index contributed by atoms with van der Waals surface area (Å²) >= 11 is 0. The third-order valence-corrected chi connectivity index (χ3v) is 2.89. The van der Waals surface area contributed by atoms with E-state index in [9.17, 15) is 0 Å². The van der Waals surface area contributed by atoms with Gasteiger partial charge in [0.05, 0.1) is 12.3 Å². The number of ether oxygens (including phenoxy) is 1. The van der Waals surface area contributed by atoms with Crippen LogP contribution in [-0.2, 0) is 11.3 Å². The van der Waals surface area contributed by atoms with Crippen LogP contribution in [0.4, 0.5) is 6.01 Å². The van der Waals surface area contributed by atoms with Crippen molar-refractivity contribution < 1.29 is 9.15 Å². The molecule has 1 fully saturated rings. The van der Waals surface area contributed by atoms with Crippen LogP contribution in [0.1, 0.15) is 26.0 Å². The summed E-state index contributed by atoms with van der Waals surface area (Å²) in [6.07, 6.45) is 2.78. The van der Waals surface area contributed by atoms with E-state index in [-0.39, 0.29) is 0 Å². The highest BCUT2D eigenvalue weighted by Crippen LogP contribution is 2.15. The van der Waals surface area contributed by atoms with E-state index in [2.05, 4.69) is 29.0 Å². The maximum absolute atomic E-state index is 5.54. The molecule has 102 valence electrons. The largest absolute Gasteiger partial charge is 0.432 e. The minimum Gasteiger partial charge on any atom is -0.432 e. The Labute approximate surface area is 109 Å². The molecule has 0 aliphatic carbocycles. The first-order valence-electron chi connectivity index (χ1n) is 6.73. The smallest absolute Gasteiger partial charge is 0.297 e. The summed E-state index contributed by atoms with van der Waals surface area (Å²) in [7, 11) is 0. The Morgan fingerprint density at radius 2 is 2.28 bits per heavy atom. The van der Waals surface area contributed by atoms with Gasteiger partial charge in [0, 0.05) is 26.2 Å². The minimum absolute atomic E-state index is 0.652. The molecule has 5 nitrogen and oxygen atoms in total. The molecule has 1 aliphatic rings. The van der Waals surface area contributed by atoms with E-state index in [0.29, 0.717) is 5.92 Å². The molecule has 0 amide bonds. The van der Waals surface area contributed by atoms with Crippen molar-refractivity contribution in [2.75, 3.05) is 37.7 Å². The fraction of sp³-hybridized carbons (Fsp3) is 0.769. The normalized spacial score (nSPS) is 17.2. The zero-order valence-electron chi connectivity index (χ0n) is 11.3. The standard InChI is InChI=1S/C13H23N3O2/c1-11(2)8-14-9-12-10-18-13(15-12)16-4-3-6-17-7-5-16/h10-11,14H,3-9H2,1-2H3. The zero-order valence-corrected chi connectivity index (χ0v) is 11.3. The lowest BCUT2D eigenvalue weighted by Gasteiger charge is -2.16. The molecule has 2 rings (SSSR count). The predicted octanol–water partition coefficient (Wildman–Crippen LogP) is 1.65. The molecule has 1 aromatic heterocycles. The molecule has 1 aromatic rings. The topological polar surface area (TPSA) is 50.5 Å². The molecule has 0 bridgehead atoms. The van der Waals surface area contributed by atoms with Gasteiger partial charge in [-0.1, -0.05) is 13.8 Å². The van der Waals surface area contributed by atoms with Crippen LogP contribution in [0, 0.1) is 5.92 Å². The lowest BCUT2D eigenvalue weighted by atomic mass is 10.2. The third-order valence-electron chi connectivity index (χ3n) is 2.89. The van der Waals surface area contributed by atoms with Gasteiger partial charge in [-0.2, -0.15) is 4.98 Å². The zero-order chi connectivity index (χ0) is 12.8. The molecule has 18 heavy (non-hydrogen) atoms. The molecule has 0 saturated carbocycles. The molecule has 1 saturated heterocycles. The van der Waals surface area contributed by atoms with Gasteiger partial charge < -0.3 is 19.4 Å². The number of hydrogen-bond acceptors (Lipinski definition) is 5. The SMILES string of the molecule is CC(C)CNCc1coc(N2CCCOCC2)n1. The van der Waals surface area contributed by atoms with E-state index in [0.717, 1.165) is 57.5 Å². The summed E-state index contributed by atoms with van der Waals surface area (Å²) in [4.78, 5) is 6.67. The maximum Gasteiger partial charge on any atom is 0.297 e. The summed E-state index contributed by atoms with van der Waals surface area (Å²) < 4.78 is 11.0. The summed E-state index contributed by atoms with van der Waals surface area (Å²) in [5, 5.41) is 3.36. The number of oxazole rings is 1. The monoisotopic (exact) mass is 253 g/mol. The van der Waals surface area contributed by atoms with Gasteiger partial charge in [0.15, 0.2) is 0 Å². The quantitative estimate of drug-likeness (QED) is 0.864. The van der Waals surface area contributed by atoms with E-state index < -0.39 is 0 Å². The summed E-state index contributed by atoms with van der Waals surface area (Å²) in [5.74, 6) is 0.652. The fourth-order valence-corrected chi connectivity index (χ4v) is 1.95. The van der Waals surface area contributed by atoms with E-state index in [1.165, 1.54) is 0 Å². The van der Waals surface area contributed by atoms with Crippen molar-refractivity contribution in [3.05, 3.63) is 12.0 Å². The number of nitrogens with one attached hydrogen (secondary N) is 1. The van der Waals surface area contributed by atoms with Gasteiger partial charge in [0.1, 0.15) is 6.26 Å². The van der Waals surface area contributed by atoms with Crippen molar-refractivity contribution >= 4 is 6.01 Å². The molecule has 2 heterocycles. The lowest BCUT2D eigenvalue weighted by molar-refractivity contribution is 0.152. The van der Waals surface area contributed by atoms with Crippen LogP contribution in [0.2, 0.25) is 0 Å². The van der Waals surface area contributed by atoms with Crippen LogP contribution in [0.3, 0.4) is 0 Å². The Balaban J connectivity index is 1.84. The van der Waals surface area contributed by atoms with Gasteiger partial charge in [-0.05, 0) is 18.9 Å². The van der Waals surface area contributed by atoms with Crippen LogP contribution in [0.15, 0.2) is 10.7 Å². The van der Waals surface area contributed by atoms with Gasteiger partial charge in [-0.25, -0.2) is 0 Å². The van der Waals surface area contributed by atoms with Gasteiger partial charge >= 0.3 is 0 Å². The Hall–Kier alpha value is -1.07. The number of anilines is 1. The molecule has 0 radical (unpaired) electrons. The van der Waals surface area contributed by atoms with E-state index >= 15 is 0 Å². The third kappa shape index (κ3) is 3.99. The molecular formula is C13H23N3O2. The number of rotatable bonds is 5. The van der Waals surface area contributed by atoms with Crippen LogP contribution >= 0.6 is 0 Å². The van der Waals surface area contributed by atoms with Crippen LogP contribution in [0.25, 0.3) is 0 Å². The Morgan fingerprint density at radius 1 is 1.39 bits per heavy atom. The van der Waals surface area contributed by atoms with Crippen LogP contribution < -0.4 is 10.2 Å². The second-order valence-corrected chi connectivity index (χ2v) is 5.10. The average Bonchev–Trinajstić information content (AvgIpc) is 2.63. The van der Waals surface area contributed by atoms with E-state index in [1.54, 1.807) is 6.26 Å². The Kier molecular flexibility index (Phi) is 5.01. The first-order valence-corrected chi connectivity index (χ1v) is 6.73. The summed E-state index contributed by atoms with van der Waals surface area (Å²) in [6, 6.07) is 0.724. The van der Waals surface area contributed by atoms with Crippen molar-refractivity contribution in [1.82, 2.24) is 10.3 Å². The maximum atomic E-state index is 5.54. The lowest BCUT2D eigenvalue weighted by Crippen LogP contribution is -2.26. The minimum atomic E-state index is 0.652. The van der Waals surface area contributed by atoms with Gasteiger partial charge in [0.2, 0.25) is 0 Å². The second kappa shape index (κ2) is 6.75. The molecule has 0 atom stereocenters. The molecule has 1 aliphatic heterocycles. The average molecular weight is 253 g/mol. The molecule has 1 N–H and O–H groups in total. The van der Waals surface area contributed by atoms with Crippen LogP contribution in [0.5, 0.6) is 0 Å². The van der Waals surface area contributed by atoms with Gasteiger partial charge in [-0.3, -0.25) is 0 Å². The highest BCUT2D eigenvalue weighted by Gasteiger charge is 2.15. The highest BCUT2D eigenvalue weighted by molar-refractivity contribution is 5.27. The summed E-state index contributed by atoms with van der Waals surface area (Å²) in [6.45, 7) is 9.56. The van der Waals surface area contributed by atoms with Gasteiger partial charge in [-0.15, -0.1) is 0 Å². The van der Waals surface area contributed by atoms with E-state index in [4.69, 9.17) is 9.15 Å². The fourth-order valence-electron chi connectivity index (χ4n) is 1.95. The van der Waals surface area contributed by atoms with Crippen molar-refractivity contribution in [1.29, 1.82) is 0 Å². The summed E-state index contributed by atoms with van der Waals surface area (Å²) in [5.41, 5.74) is 0.968. The first-order chi connectivity index (χ1) is 8.75. The Bertz CT molecular complexity index is 344. The first kappa shape index (κ1) is 13.4. The highest BCUT2D eigenvalue weighted by atomic mass is 16.5. The second-order valence-electron chi connectivity index (χ2n) is 5.10. The van der Waals surface area contributed by atoms with Crippen molar-refractivity contribution in [3.8, 4) is 0 Å². The van der Waals surface area contributed by atoms with E-state index in [1.807, 2.05) is 0 Å². The Morgan fingerprint density at radius 3 is 3.11 bits per heavy atom. The van der Waals surface area contributed by atoms with Gasteiger partial charge in [0.25, 0.3) is 6.01 Å². The molecular weight excluding hydrogens is 230 g/mol. The predicted molar refractivity (Wildman–Crippen MR) is 70.7 cm³/mol. The number of aromatic nitrogens is 1. The number of nitrogens with zero attached hydrogens (tertiary/aromatic N) is 2. The molecule has 5 heteroatoms. The molecule has 0 unspecified atom stereocenters. The van der Waals surface area contributed by atoms with Crippen molar-refractivity contribution in [2.45, 2.75) is 26.8 Å².